The third-order valence-corrected chi connectivity index (χ3v) is 3.71. The third-order valence-electron chi connectivity index (χ3n) is 2.13. The number of benzene rings is 1. The van der Waals surface area contributed by atoms with E-state index in [-0.39, 0.29) is 5.75 Å². The highest BCUT2D eigenvalue weighted by molar-refractivity contribution is 7.85. The van der Waals surface area contributed by atoms with Gasteiger partial charge >= 0.3 is 5.97 Å². The molecule has 0 aliphatic heterocycles. The van der Waals surface area contributed by atoms with Crippen LogP contribution in [0.1, 0.15) is 6.92 Å². The molecule has 0 radical (unpaired) electrons. The second kappa shape index (κ2) is 5.65. The highest BCUT2D eigenvalue weighted by Gasteiger charge is 2.16. The summed E-state index contributed by atoms with van der Waals surface area (Å²) >= 11 is 0. The Balaban J connectivity index is 2.76. The zero-order chi connectivity index (χ0) is 12.1. The van der Waals surface area contributed by atoms with Crippen molar-refractivity contribution in [3.63, 3.8) is 0 Å². The summed E-state index contributed by atoms with van der Waals surface area (Å²) in [7, 11) is 0.223. The fraction of sp³-hybridized carbons (Fsp3) is 0.364. The van der Waals surface area contributed by atoms with Crippen molar-refractivity contribution in [3.05, 3.63) is 24.3 Å². The number of ether oxygens (including phenoxy) is 1. The van der Waals surface area contributed by atoms with Gasteiger partial charge in [-0.25, -0.2) is 0 Å². The lowest BCUT2D eigenvalue weighted by Gasteiger charge is -2.07. The van der Waals surface area contributed by atoms with Crippen LogP contribution in [0.4, 0.5) is 0 Å². The molecule has 0 aliphatic carbocycles. The van der Waals surface area contributed by atoms with E-state index in [1.807, 2.05) is 0 Å². The Bertz CT molecular complexity index is 403. The minimum Gasteiger partial charge on any atom is -0.497 e. The number of aliphatic carboxylic acids is 1. The lowest BCUT2D eigenvalue weighted by Crippen LogP contribution is -2.17. The number of carboxylic acids is 1. The number of methoxy groups -OCH3 is 1. The fourth-order valence-corrected chi connectivity index (χ4v) is 2.40. The minimum atomic E-state index is -1.31. The van der Waals surface area contributed by atoms with Gasteiger partial charge < -0.3 is 9.84 Å². The second-order valence-electron chi connectivity index (χ2n) is 3.43. The quantitative estimate of drug-likeness (QED) is 0.850. The first-order chi connectivity index (χ1) is 7.54. The van der Waals surface area contributed by atoms with Gasteiger partial charge in [0.1, 0.15) is 5.75 Å². The summed E-state index contributed by atoms with van der Waals surface area (Å²) in [5.74, 6) is -0.820. The van der Waals surface area contributed by atoms with E-state index in [9.17, 15) is 9.00 Å². The standard InChI is InChI=1S/C11H14O4S/c1-8(11(12)13)7-16(14)10-5-3-4-9(6-10)15-2/h3-6,8H,7H2,1-2H3,(H,12,13). The van der Waals surface area contributed by atoms with Crippen molar-refractivity contribution in [2.45, 2.75) is 11.8 Å². The van der Waals surface area contributed by atoms with E-state index in [1.54, 1.807) is 31.2 Å². The molecule has 16 heavy (non-hydrogen) atoms. The Morgan fingerprint density at radius 2 is 2.25 bits per heavy atom. The molecule has 5 heteroatoms. The maximum Gasteiger partial charge on any atom is 0.307 e. The molecule has 0 aliphatic rings. The molecule has 1 aromatic rings. The molecule has 2 unspecified atom stereocenters. The Morgan fingerprint density at radius 3 is 2.81 bits per heavy atom. The average molecular weight is 242 g/mol. The Hall–Kier alpha value is -1.36. The Kier molecular flexibility index (Phi) is 4.49. The molecule has 0 aromatic heterocycles. The molecule has 0 bridgehead atoms. The zero-order valence-electron chi connectivity index (χ0n) is 9.17. The van der Waals surface area contributed by atoms with Gasteiger partial charge in [0.25, 0.3) is 0 Å². The molecule has 88 valence electrons. The molecule has 2 atom stereocenters. The monoisotopic (exact) mass is 242 g/mol. The summed E-state index contributed by atoms with van der Waals surface area (Å²) in [6, 6.07) is 6.84. The number of rotatable bonds is 5. The Labute approximate surface area is 96.7 Å². The van der Waals surface area contributed by atoms with Gasteiger partial charge in [0, 0.05) is 10.6 Å². The van der Waals surface area contributed by atoms with Gasteiger partial charge in [0.15, 0.2) is 0 Å². The van der Waals surface area contributed by atoms with Gasteiger partial charge in [0.05, 0.1) is 23.8 Å². The smallest absolute Gasteiger partial charge is 0.307 e. The average Bonchev–Trinajstić information content (AvgIpc) is 2.28. The van der Waals surface area contributed by atoms with Crippen molar-refractivity contribution in [2.24, 2.45) is 5.92 Å². The highest BCUT2D eigenvalue weighted by Crippen LogP contribution is 2.17. The van der Waals surface area contributed by atoms with Crippen LogP contribution >= 0.6 is 0 Å². The molecule has 0 fully saturated rings. The van der Waals surface area contributed by atoms with Crippen LogP contribution in [0.25, 0.3) is 0 Å². The van der Waals surface area contributed by atoms with Crippen molar-refractivity contribution >= 4 is 16.8 Å². The third kappa shape index (κ3) is 3.34. The van der Waals surface area contributed by atoms with Crippen molar-refractivity contribution < 1.29 is 18.8 Å². The van der Waals surface area contributed by atoms with Gasteiger partial charge in [0.2, 0.25) is 0 Å². The summed E-state index contributed by atoms with van der Waals surface area (Å²) in [6.07, 6.45) is 0. The summed E-state index contributed by atoms with van der Waals surface area (Å²) < 4.78 is 16.8. The first-order valence-corrected chi connectivity index (χ1v) is 6.11. The van der Waals surface area contributed by atoms with Crippen molar-refractivity contribution in [3.8, 4) is 5.75 Å². The molecular formula is C11H14O4S. The van der Waals surface area contributed by atoms with E-state index >= 15 is 0 Å². The van der Waals surface area contributed by atoms with E-state index in [0.717, 1.165) is 0 Å². The summed E-state index contributed by atoms with van der Waals surface area (Å²) in [4.78, 5) is 11.2. The summed E-state index contributed by atoms with van der Waals surface area (Å²) in [5, 5.41) is 8.72. The maximum absolute atomic E-state index is 11.8. The van der Waals surface area contributed by atoms with Gasteiger partial charge in [-0.05, 0) is 18.2 Å². The maximum atomic E-state index is 11.8. The van der Waals surface area contributed by atoms with E-state index in [4.69, 9.17) is 9.84 Å². The van der Waals surface area contributed by atoms with Gasteiger partial charge in [-0.3, -0.25) is 9.00 Å². The molecule has 4 nitrogen and oxygen atoms in total. The first kappa shape index (κ1) is 12.7. The predicted octanol–water partition coefficient (Wildman–Crippen LogP) is 1.52. The van der Waals surface area contributed by atoms with E-state index in [2.05, 4.69) is 0 Å². The summed E-state index contributed by atoms with van der Waals surface area (Å²) in [6.45, 7) is 1.54. The van der Waals surface area contributed by atoms with Crippen LogP contribution in [0.5, 0.6) is 5.75 Å². The lowest BCUT2D eigenvalue weighted by atomic mass is 10.2. The highest BCUT2D eigenvalue weighted by atomic mass is 32.2. The Morgan fingerprint density at radius 1 is 1.56 bits per heavy atom. The minimum absolute atomic E-state index is 0.114. The molecule has 1 aromatic carbocycles. The molecule has 1 N–H and O–H groups in total. The van der Waals surface area contributed by atoms with Crippen LogP contribution in [0.15, 0.2) is 29.2 Å². The van der Waals surface area contributed by atoms with Gasteiger partial charge in [-0.1, -0.05) is 13.0 Å². The molecular weight excluding hydrogens is 228 g/mol. The number of hydrogen-bond acceptors (Lipinski definition) is 3. The van der Waals surface area contributed by atoms with Crippen LogP contribution < -0.4 is 4.74 Å². The van der Waals surface area contributed by atoms with Crippen LogP contribution in [-0.2, 0) is 15.6 Å². The SMILES string of the molecule is COc1cccc(S(=O)CC(C)C(=O)O)c1. The molecule has 0 saturated heterocycles. The first-order valence-electron chi connectivity index (χ1n) is 4.80. The number of carboxylic acid groups (broad SMARTS) is 1. The summed E-state index contributed by atoms with van der Waals surface area (Å²) in [5.41, 5.74) is 0. The molecule has 0 heterocycles. The largest absolute Gasteiger partial charge is 0.497 e. The molecule has 0 saturated carbocycles. The zero-order valence-corrected chi connectivity index (χ0v) is 9.99. The molecule has 1 rings (SSSR count). The van der Waals surface area contributed by atoms with Gasteiger partial charge in [-0.2, -0.15) is 0 Å². The number of carbonyl (C=O) groups is 1. The van der Waals surface area contributed by atoms with Crippen molar-refractivity contribution in [2.75, 3.05) is 12.9 Å². The normalized spacial score (nSPS) is 14.1. The van der Waals surface area contributed by atoms with Crippen LogP contribution in [0.3, 0.4) is 0 Å². The van der Waals surface area contributed by atoms with Crippen LogP contribution in [0.2, 0.25) is 0 Å². The molecule has 0 amide bonds. The van der Waals surface area contributed by atoms with Crippen LogP contribution in [0, 0.1) is 5.92 Å². The van der Waals surface area contributed by atoms with E-state index < -0.39 is 22.7 Å². The fourth-order valence-electron chi connectivity index (χ4n) is 1.14. The molecule has 0 spiro atoms. The van der Waals surface area contributed by atoms with E-state index in [0.29, 0.717) is 10.6 Å². The van der Waals surface area contributed by atoms with Crippen molar-refractivity contribution in [1.82, 2.24) is 0 Å². The predicted molar refractivity (Wildman–Crippen MR) is 61.1 cm³/mol. The van der Waals surface area contributed by atoms with Crippen LogP contribution in [-0.4, -0.2) is 28.1 Å². The second-order valence-corrected chi connectivity index (χ2v) is 4.93. The number of hydrogen-bond donors (Lipinski definition) is 1. The lowest BCUT2D eigenvalue weighted by molar-refractivity contribution is -0.140. The van der Waals surface area contributed by atoms with E-state index in [1.165, 1.54) is 7.11 Å². The topological polar surface area (TPSA) is 63.6 Å². The van der Waals surface area contributed by atoms with Gasteiger partial charge in [-0.15, -0.1) is 0 Å². The van der Waals surface area contributed by atoms with Crippen molar-refractivity contribution in [1.29, 1.82) is 0 Å².